The molecule has 0 bridgehead atoms. The van der Waals surface area contributed by atoms with Gasteiger partial charge in [0, 0.05) is 10.7 Å². The summed E-state index contributed by atoms with van der Waals surface area (Å²) in [4.78, 5) is 0. The predicted molar refractivity (Wildman–Crippen MR) is 71.3 cm³/mol. The topological polar surface area (TPSA) is 12.0 Å². The Morgan fingerprint density at radius 3 is 3.06 bits per heavy atom. The molecule has 1 saturated carbocycles. The molecule has 0 spiro atoms. The van der Waals surface area contributed by atoms with Gasteiger partial charge in [-0.15, -0.1) is 11.3 Å². The van der Waals surface area contributed by atoms with Crippen molar-refractivity contribution in [3.8, 4) is 0 Å². The molecule has 0 atom stereocenters. The van der Waals surface area contributed by atoms with E-state index in [2.05, 4.69) is 35.8 Å². The minimum Gasteiger partial charge on any atom is -0.314 e. The van der Waals surface area contributed by atoms with Gasteiger partial charge in [-0.1, -0.05) is 18.2 Å². The van der Waals surface area contributed by atoms with E-state index in [-0.39, 0.29) is 0 Å². The first-order valence-corrected chi connectivity index (χ1v) is 6.91. The van der Waals surface area contributed by atoms with Crippen molar-refractivity contribution in [1.82, 2.24) is 5.32 Å². The van der Waals surface area contributed by atoms with Crippen molar-refractivity contribution in [2.24, 2.45) is 0 Å². The van der Waals surface area contributed by atoms with Crippen molar-refractivity contribution in [2.75, 3.05) is 6.54 Å². The number of thiophene rings is 1. The highest BCUT2D eigenvalue weighted by Crippen LogP contribution is 2.29. The van der Waals surface area contributed by atoms with E-state index < -0.39 is 0 Å². The predicted octanol–water partition coefficient (Wildman–Crippen LogP) is 3.50. The summed E-state index contributed by atoms with van der Waals surface area (Å²) in [5.74, 6) is 0. The maximum absolute atomic E-state index is 3.58. The number of benzene rings is 1. The van der Waals surface area contributed by atoms with Crippen LogP contribution in [-0.4, -0.2) is 12.6 Å². The first-order chi connectivity index (χ1) is 7.84. The van der Waals surface area contributed by atoms with Crippen molar-refractivity contribution in [1.29, 1.82) is 0 Å². The van der Waals surface area contributed by atoms with Gasteiger partial charge in [-0.2, -0.15) is 0 Å². The summed E-state index contributed by atoms with van der Waals surface area (Å²) in [6.45, 7) is 3.33. The van der Waals surface area contributed by atoms with Crippen LogP contribution >= 0.6 is 11.3 Å². The lowest BCUT2D eigenvalue weighted by atomic mass is 10.1. The Hall–Kier alpha value is -0.860. The zero-order chi connectivity index (χ0) is 11.0. The number of hydrogen-bond donors (Lipinski definition) is 1. The second kappa shape index (κ2) is 4.19. The third kappa shape index (κ3) is 2.00. The van der Waals surface area contributed by atoms with Gasteiger partial charge in [-0.3, -0.25) is 0 Å². The summed E-state index contributed by atoms with van der Waals surface area (Å²) in [5.41, 5.74) is 2.92. The molecule has 2 aromatic rings. The lowest BCUT2D eigenvalue weighted by Gasteiger charge is -2.02. The summed E-state index contributed by atoms with van der Waals surface area (Å²) < 4.78 is 1.46. The molecule has 0 radical (unpaired) electrons. The van der Waals surface area contributed by atoms with Crippen molar-refractivity contribution in [3.63, 3.8) is 0 Å². The van der Waals surface area contributed by atoms with Gasteiger partial charge in [-0.05, 0) is 54.6 Å². The van der Waals surface area contributed by atoms with E-state index in [1.54, 1.807) is 0 Å². The number of fused-ring (bicyclic) bond motifs is 1. The molecule has 84 valence electrons. The third-order valence-corrected chi connectivity index (χ3v) is 4.46. The van der Waals surface area contributed by atoms with E-state index in [9.17, 15) is 0 Å². The number of rotatable bonds is 4. The Kier molecular flexibility index (Phi) is 2.70. The van der Waals surface area contributed by atoms with Gasteiger partial charge >= 0.3 is 0 Å². The highest BCUT2D eigenvalue weighted by atomic mass is 32.1. The molecule has 1 heterocycles. The molecule has 1 nitrogen and oxygen atoms in total. The lowest BCUT2D eigenvalue weighted by Crippen LogP contribution is -2.19. The summed E-state index contributed by atoms with van der Waals surface area (Å²) in [6.07, 6.45) is 3.92. The van der Waals surface area contributed by atoms with Gasteiger partial charge < -0.3 is 5.32 Å². The molecule has 0 aliphatic heterocycles. The van der Waals surface area contributed by atoms with Crippen molar-refractivity contribution >= 4 is 21.4 Å². The van der Waals surface area contributed by atoms with Crippen LogP contribution < -0.4 is 5.32 Å². The van der Waals surface area contributed by atoms with Crippen LogP contribution in [0.25, 0.3) is 10.1 Å². The lowest BCUT2D eigenvalue weighted by molar-refractivity contribution is 0.684. The van der Waals surface area contributed by atoms with Gasteiger partial charge in [0.1, 0.15) is 0 Å². The van der Waals surface area contributed by atoms with E-state index in [1.165, 1.54) is 40.5 Å². The molecule has 1 aromatic carbocycles. The summed E-state index contributed by atoms with van der Waals surface area (Å²) in [6, 6.07) is 7.45. The molecule has 3 rings (SSSR count). The van der Waals surface area contributed by atoms with Crippen LogP contribution in [0.4, 0.5) is 0 Å². The zero-order valence-electron chi connectivity index (χ0n) is 9.62. The Bertz CT molecular complexity index is 496. The zero-order valence-corrected chi connectivity index (χ0v) is 10.4. The molecule has 0 unspecified atom stereocenters. The SMILES string of the molecule is Cc1cccc2c(CCNC3CC3)csc12. The molecular weight excluding hydrogens is 214 g/mol. The maximum Gasteiger partial charge on any atom is 0.0374 e. The average molecular weight is 231 g/mol. The summed E-state index contributed by atoms with van der Waals surface area (Å²) in [5, 5.41) is 7.37. The molecule has 1 aliphatic rings. The van der Waals surface area contributed by atoms with Crippen molar-refractivity contribution in [2.45, 2.75) is 32.2 Å². The van der Waals surface area contributed by atoms with E-state index in [0.29, 0.717) is 0 Å². The largest absolute Gasteiger partial charge is 0.314 e. The van der Waals surface area contributed by atoms with Crippen LogP contribution in [0, 0.1) is 6.92 Å². The monoisotopic (exact) mass is 231 g/mol. The second-order valence-electron chi connectivity index (χ2n) is 4.69. The van der Waals surface area contributed by atoms with Crippen LogP contribution in [0.5, 0.6) is 0 Å². The van der Waals surface area contributed by atoms with Gasteiger partial charge in [-0.25, -0.2) is 0 Å². The maximum atomic E-state index is 3.58. The summed E-state index contributed by atoms with van der Waals surface area (Å²) >= 11 is 1.89. The highest BCUT2D eigenvalue weighted by molar-refractivity contribution is 7.17. The van der Waals surface area contributed by atoms with E-state index in [0.717, 1.165) is 12.6 Å². The Morgan fingerprint density at radius 1 is 1.38 bits per heavy atom. The fraction of sp³-hybridized carbons (Fsp3) is 0.429. The van der Waals surface area contributed by atoms with Crippen LogP contribution in [-0.2, 0) is 6.42 Å². The normalized spacial score (nSPS) is 15.8. The first kappa shape index (κ1) is 10.3. The fourth-order valence-electron chi connectivity index (χ4n) is 2.15. The van der Waals surface area contributed by atoms with Crippen LogP contribution in [0.1, 0.15) is 24.0 Å². The summed E-state index contributed by atoms with van der Waals surface area (Å²) in [7, 11) is 0. The molecular formula is C14H17NS. The smallest absolute Gasteiger partial charge is 0.0374 e. The molecule has 0 amide bonds. The molecule has 16 heavy (non-hydrogen) atoms. The van der Waals surface area contributed by atoms with E-state index in [1.807, 2.05) is 11.3 Å². The molecule has 1 aromatic heterocycles. The number of aryl methyl sites for hydroxylation is 1. The number of nitrogens with one attached hydrogen (secondary N) is 1. The second-order valence-corrected chi connectivity index (χ2v) is 5.57. The quantitative estimate of drug-likeness (QED) is 0.849. The Labute approximate surface area is 100 Å². The molecule has 1 fully saturated rings. The van der Waals surface area contributed by atoms with Gasteiger partial charge in [0.05, 0.1) is 0 Å². The Balaban J connectivity index is 1.77. The third-order valence-electron chi connectivity index (χ3n) is 3.28. The van der Waals surface area contributed by atoms with E-state index in [4.69, 9.17) is 0 Å². The minimum atomic E-state index is 0.826. The van der Waals surface area contributed by atoms with Crippen LogP contribution in [0.2, 0.25) is 0 Å². The van der Waals surface area contributed by atoms with E-state index >= 15 is 0 Å². The van der Waals surface area contributed by atoms with Crippen molar-refractivity contribution in [3.05, 3.63) is 34.7 Å². The van der Waals surface area contributed by atoms with Crippen LogP contribution in [0.15, 0.2) is 23.6 Å². The number of hydrogen-bond acceptors (Lipinski definition) is 2. The standard InChI is InChI=1S/C14H17NS/c1-10-3-2-4-13-11(9-16-14(10)13)7-8-15-12-5-6-12/h2-4,9,12,15H,5-8H2,1H3. The molecule has 2 heteroatoms. The van der Waals surface area contributed by atoms with Gasteiger partial charge in [0.2, 0.25) is 0 Å². The van der Waals surface area contributed by atoms with Crippen LogP contribution in [0.3, 0.4) is 0 Å². The fourth-order valence-corrected chi connectivity index (χ4v) is 3.23. The Morgan fingerprint density at radius 2 is 2.25 bits per heavy atom. The first-order valence-electron chi connectivity index (χ1n) is 6.03. The molecule has 0 saturated heterocycles. The van der Waals surface area contributed by atoms with Gasteiger partial charge in [0.15, 0.2) is 0 Å². The minimum absolute atomic E-state index is 0.826. The average Bonchev–Trinajstić information content (AvgIpc) is 3.00. The molecule has 1 aliphatic carbocycles. The van der Waals surface area contributed by atoms with Crippen molar-refractivity contribution < 1.29 is 0 Å². The highest BCUT2D eigenvalue weighted by Gasteiger charge is 2.19. The molecule has 1 N–H and O–H groups in total. The van der Waals surface area contributed by atoms with Gasteiger partial charge in [0.25, 0.3) is 0 Å².